The third-order valence-corrected chi connectivity index (χ3v) is 10.1. The SMILES string of the molecule is CC(=O)Cc1ccc(CCS(=O)(=O)N2CCC3(CC2)N=C(C2CCC(C/C=C/F)CC2)NC3=O)c(C)c1. The summed E-state index contributed by atoms with van der Waals surface area (Å²) in [6.45, 7) is 4.07. The van der Waals surface area contributed by atoms with E-state index in [0.717, 1.165) is 54.6 Å². The summed E-state index contributed by atoms with van der Waals surface area (Å²) in [6.07, 6.45) is 8.32. The number of rotatable bonds is 9. The van der Waals surface area contributed by atoms with Crippen molar-refractivity contribution < 1.29 is 22.4 Å². The number of halogens is 1. The monoisotopic (exact) mass is 531 g/mol. The van der Waals surface area contributed by atoms with E-state index in [-0.39, 0.29) is 36.5 Å². The molecule has 0 unspecified atom stereocenters. The van der Waals surface area contributed by atoms with Gasteiger partial charge in [-0.15, -0.1) is 0 Å². The van der Waals surface area contributed by atoms with Crippen LogP contribution in [0.25, 0.3) is 0 Å². The molecule has 1 saturated heterocycles. The fraction of sp³-hybridized carbons (Fsp3) is 0.607. The van der Waals surface area contributed by atoms with E-state index < -0.39 is 15.6 Å². The zero-order valence-electron chi connectivity index (χ0n) is 21.8. The topological polar surface area (TPSA) is 95.9 Å². The lowest BCUT2D eigenvalue weighted by Gasteiger charge is -2.34. The van der Waals surface area contributed by atoms with Crippen molar-refractivity contribution in [2.45, 2.75) is 77.2 Å². The molecule has 2 fully saturated rings. The Morgan fingerprint density at radius 2 is 1.92 bits per heavy atom. The molecule has 37 heavy (non-hydrogen) atoms. The van der Waals surface area contributed by atoms with Gasteiger partial charge in [-0.25, -0.2) is 17.1 Å². The highest BCUT2D eigenvalue weighted by molar-refractivity contribution is 7.89. The number of nitrogens with zero attached hydrogens (tertiary/aromatic N) is 2. The summed E-state index contributed by atoms with van der Waals surface area (Å²) in [5, 5.41) is 3.01. The van der Waals surface area contributed by atoms with Crippen molar-refractivity contribution in [1.82, 2.24) is 9.62 Å². The van der Waals surface area contributed by atoms with Crippen LogP contribution in [0.2, 0.25) is 0 Å². The normalized spacial score (nSPS) is 24.4. The average molecular weight is 532 g/mol. The summed E-state index contributed by atoms with van der Waals surface area (Å²) >= 11 is 0. The zero-order chi connectivity index (χ0) is 26.6. The lowest BCUT2D eigenvalue weighted by molar-refractivity contribution is -0.125. The standard InChI is InChI=1S/C28H38FN3O4S/c1-20-18-23(19-21(2)33)7-8-24(20)11-17-37(35,36)32-15-12-28(13-16-32)27(34)30-26(31-28)25-9-5-22(6-10-25)4-3-14-29/h3,7-8,14,18,22,25H,4-6,9-13,15-17,19H2,1-2H3,(H,30,31,34)/b14-3+. The van der Waals surface area contributed by atoms with Crippen molar-refractivity contribution in [3.05, 3.63) is 47.3 Å². The Morgan fingerprint density at radius 3 is 2.54 bits per heavy atom. The van der Waals surface area contributed by atoms with Crippen LogP contribution in [0.3, 0.4) is 0 Å². The number of carbonyl (C=O) groups is 2. The molecule has 0 radical (unpaired) electrons. The Morgan fingerprint density at radius 1 is 1.22 bits per heavy atom. The van der Waals surface area contributed by atoms with Gasteiger partial charge in [-0.1, -0.05) is 24.3 Å². The van der Waals surface area contributed by atoms with Gasteiger partial charge in [0.15, 0.2) is 0 Å². The van der Waals surface area contributed by atoms with E-state index in [1.54, 1.807) is 13.0 Å². The molecule has 0 atom stereocenters. The fourth-order valence-electron chi connectivity index (χ4n) is 5.93. The number of amidine groups is 1. The first-order valence-electron chi connectivity index (χ1n) is 13.3. The summed E-state index contributed by atoms with van der Waals surface area (Å²) in [5.74, 6) is 1.44. The van der Waals surface area contributed by atoms with Crippen LogP contribution < -0.4 is 5.32 Å². The van der Waals surface area contributed by atoms with Crippen molar-refractivity contribution >= 4 is 27.5 Å². The smallest absolute Gasteiger partial charge is 0.253 e. The summed E-state index contributed by atoms with van der Waals surface area (Å²) in [6, 6.07) is 5.76. The Bertz CT molecular complexity index is 1180. The van der Waals surface area contributed by atoms with E-state index in [1.165, 1.54) is 4.31 Å². The molecule has 1 aromatic rings. The fourth-order valence-corrected chi connectivity index (χ4v) is 7.40. The molecule has 1 amide bonds. The highest BCUT2D eigenvalue weighted by Gasteiger charge is 2.48. The summed E-state index contributed by atoms with van der Waals surface area (Å²) in [7, 11) is -3.47. The first-order chi connectivity index (χ1) is 17.6. The van der Waals surface area contributed by atoms with Crippen molar-refractivity contribution in [3.8, 4) is 0 Å². The Hall–Kier alpha value is -2.39. The van der Waals surface area contributed by atoms with Crippen LogP contribution in [0.15, 0.2) is 35.6 Å². The molecule has 4 rings (SSSR count). The number of allylic oxidation sites excluding steroid dienone is 1. The van der Waals surface area contributed by atoms with Crippen LogP contribution in [0.1, 0.15) is 68.6 Å². The van der Waals surface area contributed by atoms with Crippen molar-refractivity contribution in [3.63, 3.8) is 0 Å². The first kappa shape index (κ1) is 27.6. The molecule has 0 bridgehead atoms. The second kappa shape index (κ2) is 11.6. The van der Waals surface area contributed by atoms with Gasteiger partial charge in [0.2, 0.25) is 10.0 Å². The first-order valence-corrected chi connectivity index (χ1v) is 14.9. The third kappa shape index (κ3) is 6.55. The minimum absolute atomic E-state index is 0.00838. The van der Waals surface area contributed by atoms with Gasteiger partial charge < -0.3 is 5.32 Å². The molecule has 1 spiro atoms. The lowest BCUT2D eigenvalue weighted by atomic mass is 9.80. The number of hydrogen-bond acceptors (Lipinski definition) is 5. The van der Waals surface area contributed by atoms with Gasteiger partial charge in [0, 0.05) is 25.4 Å². The summed E-state index contributed by atoms with van der Waals surface area (Å²) in [4.78, 5) is 29.2. The van der Waals surface area contributed by atoms with Crippen molar-refractivity contribution in [1.29, 1.82) is 0 Å². The second-order valence-electron chi connectivity index (χ2n) is 10.9. The number of amides is 1. The van der Waals surface area contributed by atoms with E-state index in [1.807, 2.05) is 25.1 Å². The van der Waals surface area contributed by atoms with Crippen molar-refractivity contribution in [2.24, 2.45) is 16.8 Å². The number of aryl methyl sites for hydroxylation is 2. The van der Waals surface area contributed by atoms with Crippen LogP contribution >= 0.6 is 0 Å². The number of Topliss-reactive ketones (excluding diaryl/α,β-unsaturated/α-hetero) is 1. The van der Waals surface area contributed by atoms with E-state index in [9.17, 15) is 22.4 Å². The second-order valence-corrected chi connectivity index (χ2v) is 13.0. The molecule has 1 saturated carbocycles. The van der Waals surface area contributed by atoms with E-state index >= 15 is 0 Å². The maximum atomic E-state index is 13.1. The van der Waals surface area contributed by atoms with Gasteiger partial charge in [-0.2, -0.15) is 0 Å². The predicted octanol–water partition coefficient (Wildman–Crippen LogP) is 4.04. The lowest BCUT2D eigenvalue weighted by Crippen LogP contribution is -2.51. The zero-order valence-corrected chi connectivity index (χ0v) is 22.7. The molecule has 3 aliphatic rings. The quantitative estimate of drug-likeness (QED) is 0.520. The predicted molar refractivity (Wildman–Crippen MR) is 142 cm³/mol. The van der Waals surface area contributed by atoms with Gasteiger partial charge in [-0.3, -0.25) is 14.6 Å². The van der Waals surface area contributed by atoms with Crippen LogP contribution in [-0.2, 0) is 32.5 Å². The molecule has 7 nitrogen and oxygen atoms in total. The molecular weight excluding hydrogens is 493 g/mol. The van der Waals surface area contributed by atoms with Crippen molar-refractivity contribution in [2.75, 3.05) is 18.8 Å². The van der Waals surface area contributed by atoms with Gasteiger partial charge in [-0.05, 0) is 87.8 Å². The maximum Gasteiger partial charge on any atom is 0.253 e. The molecule has 1 N–H and O–H groups in total. The minimum atomic E-state index is -3.47. The summed E-state index contributed by atoms with van der Waals surface area (Å²) in [5.41, 5.74) is 2.03. The number of nitrogens with one attached hydrogen (secondary N) is 1. The molecule has 1 aliphatic carbocycles. The van der Waals surface area contributed by atoms with Gasteiger partial charge in [0.05, 0.1) is 12.1 Å². The van der Waals surface area contributed by atoms with Gasteiger partial charge in [0.1, 0.15) is 17.2 Å². The number of ketones is 1. The minimum Gasteiger partial charge on any atom is -0.312 e. The van der Waals surface area contributed by atoms with Crippen LogP contribution in [0, 0.1) is 18.8 Å². The average Bonchev–Trinajstić information content (AvgIpc) is 3.17. The number of sulfonamides is 1. The Labute approximate surface area is 219 Å². The molecule has 1 aromatic carbocycles. The maximum absolute atomic E-state index is 13.1. The number of carbonyl (C=O) groups excluding carboxylic acids is 2. The number of benzene rings is 1. The largest absolute Gasteiger partial charge is 0.312 e. The molecule has 9 heteroatoms. The Balaban J connectivity index is 1.32. The molecule has 202 valence electrons. The highest BCUT2D eigenvalue weighted by Crippen LogP contribution is 2.37. The third-order valence-electron chi connectivity index (χ3n) is 8.22. The van der Waals surface area contributed by atoms with E-state index in [4.69, 9.17) is 4.99 Å². The number of piperidine rings is 1. The van der Waals surface area contributed by atoms with E-state index in [2.05, 4.69) is 5.32 Å². The number of aliphatic imine (C=N–C) groups is 1. The molecule has 2 aliphatic heterocycles. The van der Waals surface area contributed by atoms with E-state index in [0.29, 0.717) is 37.9 Å². The number of hydrogen-bond donors (Lipinski definition) is 1. The van der Waals surface area contributed by atoms with Crippen LogP contribution in [0.5, 0.6) is 0 Å². The van der Waals surface area contributed by atoms with Gasteiger partial charge in [0.25, 0.3) is 5.91 Å². The van der Waals surface area contributed by atoms with Crippen LogP contribution in [0.4, 0.5) is 4.39 Å². The molecule has 0 aromatic heterocycles. The molecular formula is C28H38FN3O4S. The van der Waals surface area contributed by atoms with Crippen LogP contribution in [-0.4, -0.2) is 54.6 Å². The Kier molecular flexibility index (Phi) is 8.63. The highest BCUT2D eigenvalue weighted by atomic mass is 32.2. The molecule has 2 heterocycles. The van der Waals surface area contributed by atoms with Gasteiger partial charge >= 0.3 is 0 Å². The summed E-state index contributed by atoms with van der Waals surface area (Å²) < 4.78 is 40.0.